The van der Waals surface area contributed by atoms with Gasteiger partial charge in [0.15, 0.2) is 0 Å². The van der Waals surface area contributed by atoms with Crippen LogP contribution in [0.5, 0.6) is 0 Å². The summed E-state index contributed by atoms with van der Waals surface area (Å²) in [5.41, 5.74) is 0.956. The van der Waals surface area contributed by atoms with Gasteiger partial charge in [0.05, 0.1) is 6.26 Å². The smallest absolute Gasteiger partial charge is 0.133 e. The Bertz CT molecular complexity index is 1980. The molecule has 0 atom stereocenters. The maximum absolute atomic E-state index is 5.12. The van der Waals surface area contributed by atoms with Crippen LogP contribution in [0.1, 0.15) is 0 Å². The Morgan fingerprint density at radius 1 is 0.222 bits per heavy atom. The summed E-state index contributed by atoms with van der Waals surface area (Å²) in [6, 6.07) is 61.8. The van der Waals surface area contributed by atoms with Gasteiger partial charge in [-0.25, -0.2) is 0 Å². The van der Waals surface area contributed by atoms with Gasteiger partial charge in [-0.05, 0) is 76.8 Å². The Hall–Kier alpha value is -5.92. The second kappa shape index (κ2) is 11.6. The van der Waals surface area contributed by atoms with E-state index < -0.39 is 0 Å². The van der Waals surface area contributed by atoms with Crippen LogP contribution in [0, 0.1) is 0 Å². The van der Waals surface area contributed by atoms with E-state index >= 15 is 0 Å². The minimum Gasteiger partial charge on any atom is -0.464 e. The molecule has 0 N–H and O–H groups in total. The van der Waals surface area contributed by atoms with Crippen LogP contribution in [0.3, 0.4) is 0 Å². The maximum atomic E-state index is 5.12. The fourth-order valence-corrected chi connectivity index (χ4v) is 6.62. The molecule has 9 aromatic carbocycles. The molecule has 1 aromatic heterocycles. The maximum Gasteiger partial charge on any atom is 0.133 e. The average Bonchev–Trinajstić information content (AvgIpc) is 3.62. The van der Waals surface area contributed by atoms with E-state index in [4.69, 9.17) is 4.42 Å². The van der Waals surface area contributed by atoms with E-state index in [9.17, 15) is 0 Å². The van der Waals surface area contributed by atoms with Crippen LogP contribution in [0.15, 0.2) is 187 Å². The van der Waals surface area contributed by atoms with Gasteiger partial charge in [-0.3, -0.25) is 0 Å². The molecule has 10 aromatic rings. The number of fused-ring (bicyclic) bond motifs is 13. The highest BCUT2D eigenvalue weighted by atomic mass is 16.3. The first-order valence-corrected chi connectivity index (χ1v) is 15.4. The molecule has 1 heteroatoms. The van der Waals surface area contributed by atoms with E-state index in [1.165, 1.54) is 64.6 Å². The summed E-state index contributed by atoms with van der Waals surface area (Å²) >= 11 is 0. The van der Waals surface area contributed by atoms with Gasteiger partial charge in [0.2, 0.25) is 0 Å². The van der Waals surface area contributed by atoms with E-state index in [1.54, 1.807) is 6.26 Å². The van der Waals surface area contributed by atoms with Crippen LogP contribution >= 0.6 is 0 Å². The Labute approximate surface area is 261 Å². The molecule has 212 valence electrons. The Morgan fingerprint density at radius 3 is 0.689 bits per heavy atom. The lowest BCUT2D eigenvalue weighted by Gasteiger charge is -2.09. The molecule has 0 fully saturated rings. The van der Waals surface area contributed by atoms with Crippen molar-refractivity contribution in [3.8, 4) is 0 Å². The molecule has 45 heavy (non-hydrogen) atoms. The van der Waals surface area contributed by atoms with E-state index in [0.717, 1.165) is 11.0 Å². The Kier molecular flexibility index (Phi) is 6.90. The predicted molar refractivity (Wildman–Crippen MR) is 194 cm³/mol. The van der Waals surface area contributed by atoms with Crippen molar-refractivity contribution in [2.75, 3.05) is 0 Å². The number of benzene rings is 9. The van der Waals surface area contributed by atoms with Gasteiger partial charge < -0.3 is 4.42 Å². The third-order valence-electron chi connectivity index (χ3n) is 8.67. The Morgan fingerprint density at radius 2 is 0.444 bits per heavy atom. The molecule has 1 nitrogen and oxygen atoms in total. The van der Waals surface area contributed by atoms with Crippen LogP contribution in [-0.2, 0) is 0 Å². The van der Waals surface area contributed by atoms with Crippen LogP contribution < -0.4 is 0 Å². The molecule has 0 aliphatic carbocycles. The summed E-state index contributed by atoms with van der Waals surface area (Å²) in [5, 5.41) is 17.2. The lowest BCUT2D eigenvalue weighted by atomic mass is 9.95. The molecular formula is C44H30O. The molecule has 0 saturated heterocycles. The molecule has 1 heterocycles. The molecule has 0 radical (unpaired) electrons. The van der Waals surface area contributed by atoms with Gasteiger partial charge in [-0.1, -0.05) is 164 Å². The first-order valence-electron chi connectivity index (χ1n) is 15.4. The Balaban J connectivity index is 0.000000106. The van der Waals surface area contributed by atoms with Crippen molar-refractivity contribution >= 4 is 75.6 Å². The van der Waals surface area contributed by atoms with Crippen molar-refractivity contribution in [1.29, 1.82) is 0 Å². The van der Waals surface area contributed by atoms with Crippen LogP contribution in [0.2, 0.25) is 0 Å². The fraction of sp³-hybridized carbons (Fsp3) is 0. The van der Waals surface area contributed by atoms with E-state index in [-0.39, 0.29) is 0 Å². The minimum absolute atomic E-state index is 0.956. The monoisotopic (exact) mass is 574 g/mol. The first kappa shape index (κ1) is 26.7. The van der Waals surface area contributed by atoms with E-state index in [1.807, 2.05) is 30.3 Å². The second-order valence-electron chi connectivity index (χ2n) is 11.2. The zero-order valence-corrected chi connectivity index (χ0v) is 24.7. The molecular weight excluding hydrogens is 544 g/mol. The number of rotatable bonds is 0. The molecule has 0 spiro atoms. The van der Waals surface area contributed by atoms with Gasteiger partial charge in [0.1, 0.15) is 5.58 Å². The normalized spacial score (nSPS) is 11.1. The minimum atomic E-state index is 0.956. The number of hydrogen-bond donors (Lipinski definition) is 0. The summed E-state index contributed by atoms with van der Waals surface area (Å²) in [7, 11) is 0. The summed E-state index contributed by atoms with van der Waals surface area (Å²) < 4.78 is 5.12. The zero-order chi connectivity index (χ0) is 30.0. The third-order valence-corrected chi connectivity index (χ3v) is 8.67. The lowest BCUT2D eigenvalue weighted by Crippen LogP contribution is -1.81. The summed E-state index contributed by atoms with van der Waals surface area (Å²) in [6.45, 7) is 0. The lowest BCUT2D eigenvalue weighted by molar-refractivity contribution is 0.616. The van der Waals surface area contributed by atoms with Crippen LogP contribution in [0.25, 0.3) is 75.6 Å². The van der Waals surface area contributed by atoms with Gasteiger partial charge in [0, 0.05) is 5.39 Å². The highest BCUT2D eigenvalue weighted by Gasteiger charge is 2.07. The van der Waals surface area contributed by atoms with Crippen molar-refractivity contribution < 1.29 is 4.42 Å². The highest BCUT2D eigenvalue weighted by Crippen LogP contribution is 2.35. The van der Waals surface area contributed by atoms with Crippen molar-refractivity contribution in [3.05, 3.63) is 182 Å². The van der Waals surface area contributed by atoms with Gasteiger partial charge in [0.25, 0.3) is 0 Å². The van der Waals surface area contributed by atoms with Gasteiger partial charge in [-0.15, -0.1) is 0 Å². The van der Waals surface area contributed by atoms with Crippen LogP contribution in [0.4, 0.5) is 0 Å². The molecule has 0 saturated carbocycles. The fourth-order valence-electron chi connectivity index (χ4n) is 6.62. The zero-order valence-electron chi connectivity index (χ0n) is 24.7. The highest BCUT2D eigenvalue weighted by molar-refractivity contribution is 6.26. The van der Waals surface area contributed by atoms with Crippen molar-refractivity contribution in [3.63, 3.8) is 0 Å². The number of para-hydroxylation sites is 1. The second-order valence-corrected chi connectivity index (χ2v) is 11.2. The first-order chi connectivity index (χ1) is 22.4. The van der Waals surface area contributed by atoms with Crippen molar-refractivity contribution in [2.24, 2.45) is 0 Å². The molecule has 0 aliphatic heterocycles. The summed E-state index contributed by atoms with van der Waals surface area (Å²) in [4.78, 5) is 0. The van der Waals surface area contributed by atoms with E-state index in [2.05, 4.69) is 146 Å². The third kappa shape index (κ3) is 4.85. The molecule has 0 amide bonds. The van der Waals surface area contributed by atoms with Crippen molar-refractivity contribution in [1.82, 2.24) is 0 Å². The van der Waals surface area contributed by atoms with E-state index in [0.29, 0.717) is 0 Å². The number of furan rings is 1. The molecule has 0 unspecified atom stereocenters. The van der Waals surface area contributed by atoms with Gasteiger partial charge in [-0.2, -0.15) is 0 Å². The molecule has 0 aliphatic rings. The number of hydrogen-bond acceptors (Lipinski definition) is 1. The van der Waals surface area contributed by atoms with Gasteiger partial charge >= 0.3 is 0 Å². The summed E-state index contributed by atoms with van der Waals surface area (Å²) in [5.74, 6) is 0. The largest absolute Gasteiger partial charge is 0.464 e. The standard InChI is InChI=1S/2C18H12.C8H6O/c2*1-2-8-14-13(7-1)15-9-3-4-11-17(15)18-12-6-5-10-16(14)18;1-2-4-8-7(3-1)5-6-9-8/h2*1-12H;1-6H. The predicted octanol–water partition coefficient (Wildman–Crippen LogP) is 12.7. The SMILES string of the molecule is c1ccc2c(c1)c1ccccc1c1ccccc21.c1ccc2c(c1)c1ccccc1c1ccccc21.c1ccc2occc2c1. The average molecular weight is 575 g/mol. The summed E-state index contributed by atoms with van der Waals surface area (Å²) in [6.07, 6.45) is 1.70. The molecule has 10 rings (SSSR count). The quantitative estimate of drug-likeness (QED) is 0.164. The van der Waals surface area contributed by atoms with Crippen molar-refractivity contribution in [2.45, 2.75) is 0 Å². The van der Waals surface area contributed by atoms with Crippen LogP contribution in [-0.4, -0.2) is 0 Å². The molecule has 0 bridgehead atoms. The topological polar surface area (TPSA) is 13.1 Å².